The molecule has 2 aliphatic rings. The highest BCUT2D eigenvalue weighted by molar-refractivity contribution is 6.32. The average Bonchev–Trinajstić information content (AvgIpc) is 3.33. The fourth-order valence-electron chi connectivity index (χ4n) is 5.31. The first kappa shape index (κ1) is 25.9. The molecule has 0 spiro atoms. The molecule has 10 nitrogen and oxygen atoms in total. The van der Waals surface area contributed by atoms with E-state index in [9.17, 15) is 4.39 Å². The fourth-order valence-corrected chi connectivity index (χ4v) is 5.72. The van der Waals surface area contributed by atoms with Crippen molar-refractivity contribution in [3.8, 4) is 11.6 Å². The number of piperidine rings is 1. The number of rotatable bonds is 6. The second kappa shape index (κ2) is 10.9. The van der Waals surface area contributed by atoms with Crippen molar-refractivity contribution in [3.05, 3.63) is 39.8 Å². The van der Waals surface area contributed by atoms with Gasteiger partial charge in [-0.1, -0.05) is 41.3 Å². The van der Waals surface area contributed by atoms with E-state index in [0.29, 0.717) is 35.0 Å². The first-order valence-electron chi connectivity index (χ1n) is 12.4. The molecule has 1 atom stereocenters. The van der Waals surface area contributed by atoms with E-state index in [1.165, 1.54) is 6.07 Å². The lowest BCUT2D eigenvalue weighted by molar-refractivity contribution is 0.0607. The summed E-state index contributed by atoms with van der Waals surface area (Å²) in [6.45, 7) is 7.07. The number of nitrogen functional groups attached to an aromatic ring is 2. The summed E-state index contributed by atoms with van der Waals surface area (Å²) in [5, 5.41) is 8.11. The van der Waals surface area contributed by atoms with Gasteiger partial charge >= 0.3 is 6.01 Å². The van der Waals surface area contributed by atoms with Crippen LogP contribution in [0.15, 0.2) is 22.6 Å². The largest absolute Gasteiger partial charge is 0.402 e. The molecule has 37 heavy (non-hydrogen) atoms. The van der Waals surface area contributed by atoms with E-state index in [1.807, 2.05) is 0 Å². The van der Waals surface area contributed by atoms with Crippen LogP contribution in [0.1, 0.15) is 31.7 Å². The lowest BCUT2D eigenvalue weighted by Crippen LogP contribution is -2.58. The third kappa shape index (κ3) is 5.59. The second-order valence-electron chi connectivity index (χ2n) is 9.51. The van der Waals surface area contributed by atoms with Crippen LogP contribution in [-0.4, -0.2) is 74.8 Å². The molecule has 0 amide bonds. The minimum atomic E-state index is -0.242. The van der Waals surface area contributed by atoms with Crippen molar-refractivity contribution in [2.45, 2.75) is 44.8 Å². The van der Waals surface area contributed by atoms with Gasteiger partial charge in [0, 0.05) is 48.8 Å². The predicted molar refractivity (Wildman–Crippen MR) is 142 cm³/mol. The average molecular weight is 550 g/mol. The predicted octanol–water partition coefficient (Wildman–Crippen LogP) is 3.70. The van der Waals surface area contributed by atoms with Crippen LogP contribution in [0.25, 0.3) is 11.6 Å². The number of nitrogens with zero attached hydrogens (tertiary/aromatic N) is 7. The van der Waals surface area contributed by atoms with E-state index in [0.717, 1.165) is 52.0 Å². The zero-order valence-electron chi connectivity index (χ0n) is 20.6. The maximum atomic E-state index is 14.2. The molecule has 2 aliphatic heterocycles. The van der Waals surface area contributed by atoms with Crippen LogP contribution in [-0.2, 0) is 6.54 Å². The molecule has 1 aromatic carbocycles. The van der Waals surface area contributed by atoms with Gasteiger partial charge in [-0.25, -0.2) is 14.4 Å². The molecule has 2 aromatic heterocycles. The second-order valence-corrected chi connectivity index (χ2v) is 10.3. The molecule has 0 bridgehead atoms. The molecule has 0 saturated carbocycles. The number of halogens is 3. The first-order valence-corrected chi connectivity index (χ1v) is 13.2. The van der Waals surface area contributed by atoms with Crippen LogP contribution in [0, 0.1) is 5.82 Å². The zero-order valence-corrected chi connectivity index (χ0v) is 22.1. The number of nitrogens with two attached hydrogens (primary N) is 2. The smallest absolute Gasteiger partial charge is 0.313 e. The van der Waals surface area contributed by atoms with Crippen LogP contribution in [0.2, 0.25) is 10.2 Å². The molecular formula is C24H30Cl2FN9O. The Morgan fingerprint density at radius 2 is 1.86 bits per heavy atom. The molecule has 4 heterocycles. The molecule has 198 valence electrons. The fraction of sp³-hybridized carbons (Fsp3) is 0.500. The van der Waals surface area contributed by atoms with Crippen molar-refractivity contribution >= 4 is 40.9 Å². The van der Waals surface area contributed by atoms with Crippen LogP contribution in [0.5, 0.6) is 0 Å². The number of benzene rings is 1. The number of hydrogen-bond acceptors (Lipinski definition) is 10. The molecule has 2 fully saturated rings. The standard InChI is InChI=1S/C24H30Cl2FN9O/c1-2-16-13-35(22-20(26)30-19(21(28)31-22)23-32-33-24(29)37-23)9-10-36(16)17-5-7-34(8-6-17)12-14-3-4-15(25)11-18(14)27/h3-4,11,16-17H,2,5-10,12-13H2,1H3,(H2,28,31)(H2,29,33)/t16-/m0/s1. The van der Waals surface area contributed by atoms with Crippen LogP contribution in [0.3, 0.4) is 0 Å². The van der Waals surface area contributed by atoms with E-state index < -0.39 is 0 Å². The number of anilines is 3. The van der Waals surface area contributed by atoms with Gasteiger partial charge < -0.3 is 20.8 Å². The Morgan fingerprint density at radius 1 is 1.08 bits per heavy atom. The third-order valence-electron chi connectivity index (χ3n) is 7.24. The van der Waals surface area contributed by atoms with E-state index in [1.54, 1.807) is 12.1 Å². The van der Waals surface area contributed by atoms with Gasteiger partial charge in [0.2, 0.25) is 0 Å². The molecule has 5 rings (SSSR count). The van der Waals surface area contributed by atoms with E-state index in [-0.39, 0.29) is 34.4 Å². The van der Waals surface area contributed by atoms with Crippen LogP contribution >= 0.6 is 23.2 Å². The van der Waals surface area contributed by atoms with Crippen LogP contribution < -0.4 is 16.4 Å². The van der Waals surface area contributed by atoms with Gasteiger partial charge in [-0.15, -0.1) is 5.10 Å². The molecule has 13 heteroatoms. The normalized spacial score (nSPS) is 20.0. The van der Waals surface area contributed by atoms with Crippen molar-refractivity contribution < 1.29 is 8.81 Å². The van der Waals surface area contributed by atoms with Gasteiger partial charge in [-0.3, -0.25) is 9.80 Å². The summed E-state index contributed by atoms with van der Waals surface area (Å²) >= 11 is 12.4. The lowest BCUT2D eigenvalue weighted by Gasteiger charge is -2.47. The molecule has 4 N–H and O–H groups in total. The Balaban J connectivity index is 1.21. The maximum Gasteiger partial charge on any atom is 0.313 e. The molecule has 0 radical (unpaired) electrons. The van der Waals surface area contributed by atoms with Crippen molar-refractivity contribution in [1.29, 1.82) is 0 Å². The first-order chi connectivity index (χ1) is 17.8. The highest BCUT2D eigenvalue weighted by Gasteiger charge is 2.34. The van der Waals surface area contributed by atoms with E-state index in [4.69, 9.17) is 39.1 Å². The molecule has 3 aromatic rings. The Bertz CT molecular complexity index is 1250. The van der Waals surface area contributed by atoms with E-state index >= 15 is 0 Å². The maximum absolute atomic E-state index is 14.2. The third-order valence-corrected chi connectivity index (χ3v) is 7.73. The van der Waals surface area contributed by atoms with Gasteiger partial charge in [0.15, 0.2) is 22.5 Å². The molecule has 2 saturated heterocycles. The minimum absolute atomic E-state index is 0.0809. The quantitative estimate of drug-likeness (QED) is 0.469. The minimum Gasteiger partial charge on any atom is -0.402 e. The van der Waals surface area contributed by atoms with Crippen LogP contribution in [0.4, 0.5) is 22.0 Å². The zero-order chi connectivity index (χ0) is 26.1. The summed E-state index contributed by atoms with van der Waals surface area (Å²) in [5.41, 5.74) is 12.6. The van der Waals surface area contributed by atoms with Crippen molar-refractivity contribution in [2.24, 2.45) is 0 Å². The Labute approximate surface area is 224 Å². The van der Waals surface area contributed by atoms with Gasteiger partial charge in [-0.2, -0.15) is 0 Å². The Hall–Kier alpha value is -2.73. The number of hydrogen-bond donors (Lipinski definition) is 2. The summed E-state index contributed by atoms with van der Waals surface area (Å²) in [6, 6.07) is 5.65. The molecule has 0 aliphatic carbocycles. The lowest BCUT2D eigenvalue weighted by atomic mass is 9.98. The summed E-state index contributed by atoms with van der Waals surface area (Å²) in [5.74, 6) is 0.544. The van der Waals surface area contributed by atoms with E-state index in [2.05, 4.69) is 41.8 Å². The topological polar surface area (TPSA) is 126 Å². The van der Waals surface area contributed by atoms with Gasteiger partial charge in [0.25, 0.3) is 5.89 Å². The highest BCUT2D eigenvalue weighted by Crippen LogP contribution is 2.32. The summed E-state index contributed by atoms with van der Waals surface area (Å²) < 4.78 is 19.5. The number of aromatic nitrogens is 4. The van der Waals surface area contributed by atoms with Crippen molar-refractivity contribution in [2.75, 3.05) is 49.1 Å². The van der Waals surface area contributed by atoms with Crippen molar-refractivity contribution in [1.82, 2.24) is 30.0 Å². The van der Waals surface area contributed by atoms with Gasteiger partial charge in [0.05, 0.1) is 0 Å². The molecular weight excluding hydrogens is 520 g/mol. The van der Waals surface area contributed by atoms with Gasteiger partial charge in [-0.05, 0) is 44.5 Å². The summed E-state index contributed by atoms with van der Waals surface area (Å²) in [6.07, 6.45) is 3.08. The number of piperazine rings is 1. The summed E-state index contributed by atoms with van der Waals surface area (Å²) in [4.78, 5) is 16.0. The Morgan fingerprint density at radius 3 is 2.54 bits per heavy atom. The molecule has 0 unspecified atom stereocenters. The van der Waals surface area contributed by atoms with Crippen molar-refractivity contribution in [3.63, 3.8) is 0 Å². The highest BCUT2D eigenvalue weighted by atomic mass is 35.5. The Kier molecular flexibility index (Phi) is 7.66. The monoisotopic (exact) mass is 549 g/mol. The van der Waals surface area contributed by atoms with Gasteiger partial charge in [0.1, 0.15) is 5.82 Å². The SMILES string of the molecule is CC[C@H]1CN(c2nc(N)c(-c3nnc(N)o3)nc2Cl)CCN1C1CCN(Cc2ccc(Cl)cc2F)CC1. The number of likely N-dealkylation sites (tertiary alicyclic amines) is 1. The summed E-state index contributed by atoms with van der Waals surface area (Å²) in [7, 11) is 0.